The lowest BCUT2D eigenvalue weighted by Gasteiger charge is -1.90. The molecule has 1 aromatic heterocycles. The van der Waals surface area contributed by atoms with E-state index in [1.165, 1.54) is 12.8 Å². The Morgan fingerprint density at radius 2 is 1.93 bits per heavy atom. The van der Waals surface area contributed by atoms with Gasteiger partial charge in [-0.3, -0.25) is 0 Å². The maximum absolute atomic E-state index is 7.57. The highest BCUT2D eigenvalue weighted by atomic mass is 35.5. The molecule has 3 nitrogen and oxygen atoms in total. The fourth-order valence-electron chi connectivity index (χ4n) is 0.975. The molecule has 0 aliphatic carbocycles. The van der Waals surface area contributed by atoms with Gasteiger partial charge in [-0.2, -0.15) is 0 Å². The highest BCUT2D eigenvalue weighted by Crippen LogP contribution is 1.91. The third-order valence-corrected chi connectivity index (χ3v) is 1.59. The number of nitrogens with zero attached hydrogens (tertiary/aromatic N) is 2. The molecule has 1 N–H and O–H groups in total. The summed E-state index contributed by atoms with van der Waals surface area (Å²) in [5.41, 5.74) is 0. The first-order valence-corrected chi connectivity index (χ1v) is 4.86. The van der Waals surface area contributed by atoms with E-state index in [9.17, 15) is 0 Å². The second-order valence-electron chi connectivity index (χ2n) is 2.99. The molecule has 0 atom stereocenters. The molecule has 0 unspecified atom stereocenters. The van der Waals surface area contributed by atoms with Crippen molar-refractivity contribution in [1.29, 1.82) is 0 Å². The Bertz CT molecular complexity index is 214. The maximum Gasteiger partial charge on any atom is 0.243 e. The zero-order chi connectivity index (χ0) is 10.1. The number of aryl methyl sites for hydroxylation is 2. The molecule has 1 heterocycles. The number of aliphatic hydroxyl groups is 1. The Morgan fingerprint density at radius 1 is 1.36 bits per heavy atom. The van der Waals surface area contributed by atoms with Crippen molar-refractivity contribution in [3.8, 4) is 0 Å². The molecule has 0 amide bonds. The molecule has 0 spiro atoms. The molecule has 0 radical (unpaired) electrons. The molecule has 0 aromatic carbocycles. The molecule has 1 rings (SSSR count). The van der Waals surface area contributed by atoms with Crippen LogP contribution in [0.5, 0.6) is 0 Å². The second-order valence-corrected chi connectivity index (χ2v) is 2.99. The van der Waals surface area contributed by atoms with E-state index >= 15 is 0 Å². The number of halogens is 1. The van der Waals surface area contributed by atoms with Gasteiger partial charge < -0.3 is 17.5 Å². The van der Waals surface area contributed by atoms with Gasteiger partial charge in [-0.05, 0) is 13.3 Å². The predicted octanol–water partition coefficient (Wildman–Crippen LogP) is -1.88. The van der Waals surface area contributed by atoms with Gasteiger partial charge in [0.25, 0.3) is 0 Å². The molecule has 84 valence electrons. The van der Waals surface area contributed by atoms with Crippen molar-refractivity contribution >= 4 is 0 Å². The summed E-state index contributed by atoms with van der Waals surface area (Å²) in [6.07, 6.45) is 8.82. The molecular weight excluding hydrogens is 200 g/mol. The predicted molar refractivity (Wildman–Crippen MR) is 53.3 cm³/mol. The summed E-state index contributed by atoms with van der Waals surface area (Å²) in [6.45, 7) is 5.29. The van der Waals surface area contributed by atoms with Crippen molar-refractivity contribution in [3.05, 3.63) is 18.7 Å². The van der Waals surface area contributed by atoms with Crippen LogP contribution in [0.25, 0.3) is 0 Å². The van der Waals surface area contributed by atoms with E-state index in [0.717, 1.165) is 6.54 Å². The maximum atomic E-state index is 7.57. The summed E-state index contributed by atoms with van der Waals surface area (Å²) in [6, 6.07) is 0. The van der Waals surface area contributed by atoms with Gasteiger partial charge in [0, 0.05) is 6.61 Å². The normalized spacial score (nSPS) is 8.57. The zero-order valence-corrected chi connectivity index (χ0v) is 10.0. The Hall–Kier alpha value is -0.540. The van der Waals surface area contributed by atoms with Gasteiger partial charge in [-0.15, -0.1) is 0 Å². The lowest BCUT2D eigenvalue weighted by atomic mass is 10.3. The molecule has 0 bridgehead atoms. The van der Waals surface area contributed by atoms with Crippen LogP contribution >= 0.6 is 0 Å². The minimum atomic E-state index is 0. The number of aromatic nitrogens is 2. The topological polar surface area (TPSA) is 29.0 Å². The largest absolute Gasteiger partial charge is 1.00 e. The van der Waals surface area contributed by atoms with E-state index in [1.54, 1.807) is 6.92 Å². The Labute approximate surface area is 92.8 Å². The average Bonchev–Trinajstić information content (AvgIpc) is 2.49. The smallest absolute Gasteiger partial charge is 0.243 e. The van der Waals surface area contributed by atoms with Crippen molar-refractivity contribution in [3.63, 3.8) is 0 Å². The summed E-state index contributed by atoms with van der Waals surface area (Å²) in [5.74, 6) is 0. The third kappa shape index (κ3) is 8.08. The number of unbranched alkanes of at least 4 members (excludes halogenated alkanes) is 1. The number of imidazole rings is 1. The SMILES string of the molecule is CCCCn1cc[n+](C)c1.CCO.[Cl-]. The number of hydrogen-bond acceptors (Lipinski definition) is 1. The average molecular weight is 221 g/mol. The fourth-order valence-corrected chi connectivity index (χ4v) is 0.975. The molecule has 0 aliphatic heterocycles. The van der Waals surface area contributed by atoms with Crippen LogP contribution in [0.2, 0.25) is 0 Å². The van der Waals surface area contributed by atoms with Crippen LogP contribution in [0.15, 0.2) is 18.7 Å². The quantitative estimate of drug-likeness (QED) is 0.594. The van der Waals surface area contributed by atoms with Crippen LogP contribution in [0.3, 0.4) is 0 Å². The van der Waals surface area contributed by atoms with Crippen molar-refractivity contribution in [2.45, 2.75) is 33.2 Å². The van der Waals surface area contributed by atoms with Crippen LogP contribution in [0, 0.1) is 0 Å². The van der Waals surface area contributed by atoms with Gasteiger partial charge >= 0.3 is 0 Å². The number of aliphatic hydroxyl groups excluding tert-OH is 1. The van der Waals surface area contributed by atoms with Crippen LogP contribution in [-0.4, -0.2) is 16.3 Å². The second kappa shape index (κ2) is 10.5. The highest BCUT2D eigenvalue weighted by molar-refractivity contribution is 4.65. The van der Waals surface area contributed by atoms with E-state index in [4.69, 9.17) is 5.11 Å². The van der Waals surface area contributed by atoms with E-state index < -0.39 is 0 Å². The molecular formula is C10H21ClN2O. The molecule has 0 saturated heterocycles. The van der Waals surface area contributed by atoms with Crippen molar-refractivity contribution in [1.82, 2.24) is 4.57 Å². The minimum absolute atomic E-state index is 0. The summed E-state index contributed by atoms with van der Waals surface area (Å²) < 4.78 is 4.28. The van der Waals surface area contributed by atoms with Crippen LogP contribution in [0.1, 0.15) is 26.7 Å². The Morgan fingerprint density at radius 3 is 2.29 bits per heavy atom. The summed E-state index contributed by atoms with van der Waals surface area (Å²) in [4.78, 5) is 0. The van der Waals surface area contributed by atoms with Crippen molar-refractivity contribution in [2.24, 2.45) is 7.05 Å². The number of hydrogen-bond donors (Lipinski definition) is 1. The van der Waals surface area contributed by atoms with Crippen LogP contribution < -0.4 is 17.0 Å². The van der Waals surface area contributed by atoms with E-state index in [1.807, 2.05) is 7.05 Å². The molecule has 14 heavy (non-hydrogen) atoms. The fraction of sp³-hybridized carbons (Fsp3) is 0.700. The first-order valence-electron chi connectivity index (χ1n) is 4.86. The standard InChI is InChI=1S/C8H15N2.C2H6O.ClH/c1-3-4-5-10-7-6-9(2)8-10;1-2-3;/h6-8H,3-5H2,1-2H3;3H,2H2,1H3;1H/q+1;;/p-1. The van der Waals surface area contributed by atoms with Crippen LogP contribution in [0.4, 0.5) is 0 Å². The summed E-state index contributed by atoms with van der Waals surface area (Å²) >= 11 is 0. The van der Waals surface area contributed by atoms with E-state index in [-0.39, 0.29) is 19.0 Å². The Kier molecular flexibility index (Phi) is 12.0. The van der Waals surface area contributed by atoms with Crippen LogP contribution in [-0.2, 0) is 13.6 Å². The Balaban J connectivity index is 0. The van der Waals surface area contributed by atoms with Gasteiger partial charge in [0.15, 0.2) is 0 Å². The zero-order valence-electron chi connectivity index (χ0n) is 9.28. The molecule has 4 heteroatoms. The van der Waals surface area contributed by atoms with E-state index in [2.05, 4.69) is 34.8 Å². The van der Waals surface area contributed by atoms with Crippen molar-refractivity contribution < 1.29 is 22.1 Å². The first-order chi connectivity index (χ1) is 6.24. The van der Waals surface area contributed by atoms with Crippen molar-refractivity contribution in [2.75, 3.05) is 6.61 Å². The molecule has 1 aromatic rings. The summed E-state index contributed by atoms with van der Waals surface area (Å²) in [7, 11) is 2.04. The first kappa shape index (κ1) is 15.9. The van der Waals surface area contributed by atoms with Gasteiger partial charge in [-0.25, -0.2) is 9.13 Å². The van der Waals surface area contributed by atoms with Gasteiger partial charge in [-0.1, -0.05) is 13.3 Å². The van der Waals surface area contributed by atoms with Gasteiger partial charge in [0.1, 0.15) is 12.4 Å². The lowest BCUT2D eigenvalue weighted by molar-refractivity contribution is -0.671. The molecule has 0 fully saturated rings. The van der Waals surface area contributed by atoms with E-state index in [0.29, 0.717) is 0 Å². The third-order valence-electron chi connectivity index (χ3n) is 1.59. The molecule has 0 aliphatic rings. The summed E-state index contributed by atoms with van der Waals surface area (Å²) in [5, 5.41) is 7.57. The monoisotopic (exact) mass is 220 g/mol. The number of rotatable bonds is 3. The van der Waals surface area contributed by atoms with Gasteiger partial charge in [0.05, 0.1) is 13.6 Å². The molecule has 0 saturated carbocycles. The lowest BCUT2D eigenvalue weighted by Crippen LogP contribution is -3.00. The highest BCUT2D eigenvalue weighted by Gasteiger charge is 1.96. The van der Waals surface area contributed by atoms with Gasteiger partial charge in [0.2, 0.25) is 6.33 Å². The minimum Gasteiger partial charge on any atom is -1.00 e.